The molecule has 0 aliphatic carbocycles. The molecule has 3 aromatic carbocycles. The van der Waals surface area contributed by atoms with E-state index in [2.05, 4.69) is 27.1 Å². The first-order valence-corrected chi connectivity index (χ1v) is 14.4. The van der Waals surface area contributed by atoms with E-state index < -0.39 is 5.97 Å². The zero-order valence-corrected chi connectivity index (χ0v) is 25.1. The number of carboxylic acid groups (broad SMARTS) is 1. The second-order valence-electron chi connectivity index (χ2n) is 10.5. The topological polar surface area (TPSA) is 99.9 Å². The summed E-state index contributed by atoms with van der Waals surface area (Å²) in [6, 6.07) is 18.1. The fourth-order valence-corrected chi connectivity index (χ4v) is 4.71. The third-order valence-electron chi connectivity index (χ3n) is 7.18. The van der Waals surface area contributed by atoms with Crippen LogP contribution in [0.2, 0.25) is 5.02 Å². The molecule has 0 saturated carbocycles. The van der Waals surface area contributed by atoms with E-state index >= 15 is 0 Å². The monoisotopic (exact) mass is 591 g/mol. The lowest BCUT2D eigenvalue weighted by molar-refractivity contribution is 0.0367. The first-order valence-electron chi connectivity index (χ1n) is 14.0. The number of likely N-dealkylation sites (N-methyl/N-ethyl adjacent to an activating group) is 1. The van der Waals surface area contributed by atoms with Crippen LogP contribution in [0.25, 0.3) is 11.0 Å². The molecule has 2 N–H and O–H groups in total. The number of aryl methyl sites for hydroxylation is 2. The molecule has 0 atom stereocenters. The summed E-state index contributed by atoms with van der Waals surface area (Å²) in [6.07, 6.45) is 2.10. The predicted octanol–water partition coefficient (Wildman–Crippen LogP) is 5.63. The summed E-state index contributed by atoms with van der Waals surface area (Å²) in [5, 5.41) is 12.9. The Labute approximate surface area is 251 Å². The number of aromatic carboxylic acids is 1. The largest absolute Gasteiger partial charge is 0.478 e. The number of aldehydes is 1. The molecule has 3 heterocycles. The molecule has 1 aromatic heterocycles. The van der Waals surface area contributed by atoms with Crippen molar-refractivity contribution in [2.45, 2.75) is 19.9 Å². The number of rotatable bonds is 6. The van der Waals surface area contributed by atoms with Gasteiger partial charge in [-0.25, -0.2) is 9.78 Å². The average Bonchev–Trinajstić information content (AvgIpc) is 3.25. The minimum absolute atomic E-state index is 0.302. The number of hydrogen-bond donors (Lipinski definition) is 2. The Morgan fingerprint density at radius 3 is 2.38 bits per heavy atom. The van der Waals surface area contributed by atoms with E-state index in [1.54, 1.807) is 30.3 Å². The van der Waals surface area contributed by atoms with Gasteiger partial charge in [-0.15, -0.1) is 0 Å². The Hall–Kier alpha value is -3.76. The molecule has 2 saturated heterocycles. The van der Waals surface area contributed by atoms with Crippen LogP contribution in [0.3, 0.4) is 0 Å². The maximum Gasteiger partial charge on any atom is 0.335 e. The third-order valence-corrected chi connectivity index (χ3v) is 7.50. The summed E-state index contributed by atoms with van der Waals surface area (Å²) in [7, 11) is 4.09. The first kappa shape index (κ1) is 31.2. The van der Waals surface area contributed by atoms with Crippen LogP contribution in [0.4, 0.5) is 11.4 Å². The minimum atomic E-state index is -0.904. The maximum absolute atomic E-state index is 11.1. The average molecular weight is 592 g/mol. The van der Waals surface area contributed by atoms with Gasteiger partial charge in [-0.1, -0.05) is 29.8 Å². The Bertz CT molecular complexity index is 1510. The van der Waals surface area contributed by atoms with Gasteiger partial charge in [-0.05, 0) is 68.4 Å². The van der Waals surface area contributed by atoms with Crippen LogP contribution in [0.5, 0.6) is 0 Å². The van der Waals surface area contributed by atoms with Crippen molar-refractivity contribution < 1.29 is 19.4 Å². The van der Waals surface area contributed by atoms with E-state index in [-0.39, 0.29) is 0 Å². The number of piperazine rings is 1. The standard InChI is InChI=1S/C15H20N4O2.C14H12ClNO.C3H6O/c1-17-5-7-19(8-6-17)10-14-16-12-4-3-11(15(20)21)9-13(12)18(14)2;1-10-5-6-14(13(15)7-10)16-12-4-2-3-11(8-12)9-17;1-2-4-3-1/h3-4,9H,5-8,10H2,1-2H3,(H,20,21);2-9,16H,1H3;1-3H2. The second-order valence-corrected chi connectivity index (χ2v) is 10.9. The van der Waals surface area contributed by atoms with Gasteiger partial charge in [0.15, 0.2) is 0 Å². The fraction of sp³-hybridized carbons (Fsp3) is 0.344. The van der Waals surface area contributed by atoms with E-state index in [9.17, 15) is 9.59 Å². The Kier molecular flexibility index (Phi) is 11.1. The summed E-state index contributed by atoms with van der Waals surface area (Å²) >= 11 is 6.12. The summed E-state index contributed by atoms with van der Waals surface area (Å²) in [5.74, 6) is 0.0795. The molecule has 222 valence electrons. The molecular formula is C32H38ClN5O4. The number of nitrogens with zero attached hydrogens (tertiary/aromatic N) is 4. The molecule has 6 rings (SSSR count). The second kappa shape index (κ2) is 14.9. The number of hydrogen-bond acceptors (Lipinski definition) is 7. The van der Waals surface area contributed by atoms with Crippen LogP contribution < -0.4 is 5.32 Å². The predicted molar refractivity (Wildman–Crippen MR) is 167 cm³/mol. The SMILES string of the molecule is C1COC1.CN1CCN(Cc2nc3ccc(C(=O)O)cc3n2C)CC1.Cc1ccc(Nc2cccc(C=O)c2)c(Cl)c1. The highest BCUT2D eigenvalue weighted by molar-refractivity contribution is 6.33. The van der Waals surface area contributed by atoms with Crippen molar-refractivity contribution in [2.75, 3.05) is 51.8 Å². The quantitative estimate of drug-likeness (QED) is 0.278. The molecule has 0 radical (unpaired) electrons. The van der Waals surface area contributed by atoms with Gasteiger partial charge < -0.3 is 24.6 Å². The lowest BCUT2D eigenvalue weighted by atomic mass is 10.2. The molecule has 9 nitrogen and oxygen atoms in total. The number of fused-ring (bicyclic) bond motifs is 1. The van der Waals surface area contributed by atoms with Crippen molar-refractivity contribution in [1.82, 2.24) is 19.4 Å². The molecule has 2 fully saturated rings. The zero-order chi connectivity index (χ0) is 30.1. The summed E-state index contributed by atoms with van der Waals surface area (Å²) in [4.78, 5) is 31.1. The number of imidazole rings is 1. The summed E-state index contributed by atoms with van der Waals surface area (Å²) < 4.78 is 6.72. The third kappa shape index (κ3) is 8.62. The number of benzene rings is 3. The molecule has 2 aliphatic rings. The van der Waals surface area contributed by atoms with Crippen LogP contribution >= 0.6 is 11.6 Å². The van der Waals surface area contributed by atoms with Crippen LogP contribution in [-0.2, 0) is 18.3 Å². The number of carboxylic acids is 1. The molecule has 0 bridgehead atoms. The number of halogens is 1. The van der Waals surface area contributed by atoms with Crippen LogP contribution in [-0.4, -0.2) is 83.2 Å². The van der Waals surface area contributed by atoms with E-state index in [4.69, 9.17) is 21.4 Å². The highest BCUT2D eigenvalue weighted by atomic mass is 35.5. The fourth-order valence-electron chi connectivity index (χ4n) is 4.43. The first-order chi connectivity index (χ1) is 20.2. The van der Waals surface area contributed by atoms with Gasteiger partial charge in [0.25, 0.3) is 0 Å². The zero-order valence-electron chi connectivity index (χ0n) is 24.3. The maximum atomic E-state index is 11.1. The van der Waals surface area contributed by atoms with Gasteiger partial charge in [0, 0.05) is 57.7 Å². The number of ether oxygens (including phenoxy) is 1. The molecular weight excluding hydrogens is 554 g/mol. The van der Waals surface area contributed by atoms with Crippen molar-refractivity contribution in [3.8, 4) is 0 Å². The number of anilines is 2. The van der Waals surface area contributed by atoms with E-state index in [1.807, 2.05) is 48.9 Å². The lowest BCUT2D eigenvalue weighted by Gasteiger charge is -2.31. The van der Waals surface area contributed by atoms with Crippen LogP contribution in [0.1, 0.15) is 38.5 Å². The van der Waals surface area contributed by atoms with Gasteiger partial charge in [0.1, 0.15) is 12.1 Å². The number of carbonyl (C=O) groups is 2. The van der Waals surface area contributed by atoms with E-state index in [1.165, 1.54) is 6.42 Å². The molecule has 10 heteroatoms. The van der Waals surface area contributed by atoms with E-state index in [0.29, 0.717) is 16.1 Å². The van der Waals surface area contributed by atoms with Gasteiger partial charge >= 0.3 is 5.97 Å². The van der Waals surface area contributed by atoms with Crippen LogP contribution in [0.15, 0.2) is 60.7 Å². The van der Waals surface area contributed by atoms with Gasteiger partial charge in [-0.3, -0.25) is 9.69 Å². The molecule has 0 amide bonds. The van der Waals surface area contributed by atoms with Crippen molar-refractivity contribution in [2.24, 2.45) is 7.05 Å². The minimum Gasteiger partial charge on any atom is -0.478 e. The summed E-state index contributed by atoms with van der Waals surface area (Å²) in [5.41, 5.74) is 5.46. The molecule has 2 aliphatic heterocycles. The van der Waals surface area contributed by atoms with Crippen molar-refractivity contribution in [3.63, 3.8) is 0 Å². The normalized spacial score (nSPS) is 15.0. The highest BCUT2D eigenvalue weighted by Crippen LogP contribution is 2.26. The molecule has 0 spiro atoms. The Morgan fingerprint density at radius 1 is 1.05 bits per heavy atom. The Balaban J connectivity index is 0.000000173. The smallest absolute Gasteiger partial charge is 0.335 e. The number of carbonyl (C=O) groups excluding carboxylic acids is 1. The number of nitrogens with one attached hydrogen (secondary N) is 1. The molecule has 42 heavy (non-hydrogen) atoms. The summed E-state index contributed by atoms with van der Waals surface area (Å²) in [6.45, 7) is 9.03. The van der Waals surface area contributed by atoms with Gasteiger partial charge in [0.05, 0.1) is 33.9 Å². The lowest BCUT2D eigenvalue weighted by Crippen LogP contribution is -2.44. The van der Waals surface area contributed by atoms with Gasteiger partial charge in [-0.2, -0.15) is 0 Å². The van der Waals surface area contributed by atoms with Crippen LogP contribution in [0, 0.1) is 6.92 Å². The number of aromatic nitrogens is 2. The van der Waals surface area contributed by atoms with Crippen molar-refractivity contribution in [1.29, 1.82) is 0 Å². The van der Waals surface area contributed by atoms with E-state index in [0.717, 1.165) is 86.0 Å². The van der Waals surface area contributed by atoms with Crippen molar-refractivity contribution >= 4 is 46.3 Å². The molecule has 0 unspecified atom stereocenters. The van der Waals surface area contributed by atoms with Crippen molar-refractivity contribution in [3.05, 3.63) is 88.2 Å². The molecule has 4 aromatic rings. The Morgan fingerprint density at radius 2 is 1.76 bits per heavy atom. The highest BCUT2D eigenvalue weighted by Gasteiger charge is 2.17. The van der Waals surface area contributed by atoms with Gasteiger partial charge in [0.2, 0.25) is 0 Å².